The highest BCUT2D eigenvalue weighted by Gasteiger charge is 2.49. The second-order valence-electron chi connectivity index (χ2n) is 7.95. The van der Waals surface area contributed by atoms with Gasteiger partial charge in [-0.05, 0) is 67.0 Å². The molecule has 142 valence electrons. The standard InChI is InChI=1S/C24H30N2O/c1-5-13-27-20-10-7-18(8-11-20)19-9-12-21(16(3)6-2)23(14-19)26-24-15-22(24)17(4)25-26/h7-12,14,16,22,24H,5-6,13,15H2,1-4H3. The SMILES string of the molecule is CCCOc1ccc(-c2ccc(C(C)CC)c(N3N=C(C)C4CC43)c2)cc1. The van der Waals surface area contributed by atoms with Gasteiger partial charge in [-0.3, -0.25) is 5.01 Å². The summed E-state index contributed by atoms with van der Waals surface area (Å²) in [7, 11) is 0. The molecule has 2 aromatic carbocycles. The van der Waals surface area contributed by atoms with E-state index in [4.69, 9.17) is 9.84 Å². The molecule has 2 aromatic rings. The molecule has 2 aliphatic rings. The minimum absolute atomic E-state index is 0.534. The highest BCUT2D eigenvalue weighted by atomic mass is 16.5. The van der Waals surface area contributed by atoms with Crippen molar-refractivity contribution in [3.8, 4) is 16.9 Å². The molecule has 1 saturated carbocycles. The number of benzene rings is 2. The zero-order valence-corrected chi connectivity index (χ0v) is 16.9. The first kappa shape index (κ1) is 18.1. The predicted molar refractivity (Wildman–Crippen MR) is 114 cm³/mol. The Morgan fingerprint density at radius 3 is 2.44 bits per heavy atom. The highest BCUT2D eigenvalue weighted by molar-refractivity contribution is 5.92. The van der Waals surface area contributed by atoms with E-state index in [-0.39, 0.29) is 0 Å². The van der Waals surface area contributed by atoms with Gasteiger partial charge in [-0.15, -0.1) is 0 Å². The Morgan fingerprint density at radius 1 is 1.11 bits per heavy atom. The Kier molecular flexibility index (Phi) is 4.94. The van der Waals surface area contributed by atoms with E-state index in [1.807, 2.05) is 0 Å². The summed E-state index contributed by atoms with van der Waals surface area (Å²) >= 11 is 0. The summed E-state index contributed by atoms with van der Waals surface area (Å²) in [5.41, 5.74) is 6.46. The Hall–Kier alpha value is -2.29. The molecular formula is C24H30N2O. The molecule has 0 aromatic heterocycles. The molecule has 1 aliphatic heterocycles. The van der Waals surface area contributed by atoms with E-state index >= 15 is 0 Å². The third-order valence-corrected chi connectivity index (χ3v) is 5.95. The number of hydrogen-bond donors (Lipinski definition) is 0. The largest absolute Gasteiger partial charge is 0.494 e. The minimum Gasteiger partial charge on any atom is -0.494 e. The minimum atomic E-state index is 0.534. The lowest BCUT2D eigenvalue weighted by Gasteiger charge is -2.24. The van der Waals surface area contributed by atoms with Gasteiger partial charge in [0, 0.05) is 11.6 Å². The molecule has 1 fully saturated rings. The number of ether oxygens (including phenoxy) is 1. The van der Waals surface area contributed by atoms with E-state index in [2.05, 4.69) is 75.2 Å². The van der Waals surface area contributed by atoms with E-state index in [0.717, 1.165) is 25.2 Å². The van der Waals surface area contributed by atoms with Gasteiger partial charge in [0.25, 0.3) is 0 Å². The van der Waals surface area contributed by atoms with Gasteiger partial charge >= 0.3 is 0 Å². The molecule has 0 N–H and O–H groups in total. The molecule has 27 heavy (non-hydrogen) atoms. The number of nitrogens with zero attached hydrogens (tertiary/aromatic N) is 2. The Morgan fingerprint density at radius 2 is 1.85 bits per heavy atom. The maximum atomic E-state index is 5.72. The monoisotopic (exact) mass is 362 g/mol. The van der Waals surface area contributed by atoms with Crippen LogP contribution in [0.3, 0.4) is 0 Å². The Labute approximate surface area is 163 Å². The van der Waals surface area contributed by atoms with Gasteiger partial charge in [-0.1, -0.05) is 45.0 Å². The second-order valence-corrected chi connectivity index (χ2v) is 7.95. The Balaban J connectivity index is 1.67. The molecular weight excluding hydrogens is 332 g/mol. The highest BCUT2D eigenvalue weighted by Crippen LogP contribution is 2.47. The molecule has 0 saturated heterocycles. The topological polar surface area (TPSA) is 24.8 Å². The number of fused-ring (bicyclic) bond motifs is 1. The van der Waals surface area contributed by atoms with Crippen LogP contribution in [0.15, 0.2) is 47.6 Å². The summed E-state index contributed by atoms with van der Waals surface area (Å²) < 4.78 is 5.72. The van der Waals surface area contributed by atoms with Crippen LogP contribution in [0.1, 0.15) is 58.4 Å². The van der Waals surface area contributed by atoms with Crippen molar-refractivity contribution in [3.05, 3.63) is 48.0 Å². The lowest BCUT2D eigenvalue weighted by molar-refractivity contribution is 0.317. The van der Waals surface area contributed by atoms with Gasteiger partial charge in [0.05, 0.1) is 18.3 Å². The van der Waals surface area contributed by atoms with E-state index in [9.17, 15) is 0 Å². The van der Waals surface area contributed by atoms with Crippen LogP contribution in [0.4, 0.5) is 5.69 Å². The third-order valence-electron chi connectivity index (χ3n) is 5.95. The average Bonchev–Trinajstić information content (AvgIpc) is 3.44. The summed E-state index contributed by atoms with van der Waals surface area (Å²) in [6, 6.07) is 15.9. The summed E-state index contributed by atoms with van der Waals surface area (Å²) in [5, 5.41) is 7.17. The van der Waals surface area contributed by atoms with Crippen molar-refractivity contribution in [1.82, 2.24) is 0 Å². The lowest BCUT2D eigenvalue weighted by atomic mass is 9.93. The molecule has 3 atom stereocenters. The Bertz CT molecular complexity index is 840. The van der Waals surface area contributed by atoms with Gasteiger partial charge < -0.3 is 4.74 Å². The summed E-state index contributed by atoms with van der Waals surface area (Å²) in [6.07, 6.45) is 3.42. The van der Waals surface area contributed by atoms with E-state index in [1.54, 1.807) is 0 Å². The third kappa shape index (κ3) is 3.47. The van der Waals surface area contributed by atoms with Crippen molar-refractivity contribution >= 4 is 11.4 Å². The quantitative estimate of drug-likeness (QED) is 0.582. The molecule has 3 nitrogen and oxygen atoms in total. The molecule has 0 bridgehead atoms. The molecule has 3 unspecified atom stereocenters. The number of hydrazone groups is 1. The first-order valence-electron chi connectivity index (χ1n) is 10.3. The van der Waals surface area contributed by atoms with Crippen LogP contribution in [0, 0.1) is 5.92 Å². The first-order valence-corrected chi connectivity index (χ1v) is 10.3. The van der Waals surface area contributed by atoms with Gasteiger partial charge in [0.2, 0.25) is 0 Å². The van der Waals surface area contributed by atoms with Crippen molar-refractivity contribution in [2.45, 2.75) is 58.9 Å². The fourth-order valence-corrected chi connectivity index (χ4v) is 3.97. The predicted octanol–water partition coefficient (Wildman–Crippen LogP) is 6.24. The van der Waals surface area contributed by atoms with Crippen LogP contribution in [-0.2, 0) is 0 Å². The second kappa shape index (κ2) is 7.38. The zero-order chi connectivity index (χ0) is 19.0. The average molecular weight is 363 g/mol. The number of rotatable bonds is 7. The molecule has 3 heteroatoms. The lowest BCUT2D eigenvalue weighted by Crippen LogP contribution is -2.18. The van der Waals surface area contributed by atoms with Crippen molar-refractivity contribution in [1.29, 1.82) is 0 Å². The maximum absolute atomic E-state index is 5.72. The van der Waals surface area contributed by atoms with Gasteiger partial charge in [-0.2, -0.15) is 5.10 Å². The van der Waals surface area contributed by atoms with Crippen LogP contribution < -0.4 is 9.75 Å². The number of anilines is 1. The van der Waals surface area contributed by atoms with Crippen LogP contribution in [0.5, 0.6) is 5.75 Å². The fourth-order valence-electron chi connectivity index (χ4n) is 3.97. The van der Waals surface area contributed by atoms with Gasteiger partial charge in [-0.25, -0.2) is 0 Å². The molecule has 4 rings (SSSR count). The van der Waals surface area contributed by atoms with E-state index in [0.29, 0.717) is 17.9 Å². The summed E-state index contributed by atoms with van der Waals surface area (Å²) in [6.45, 7) is 9.64. The van der Waals surface area contributed by atoms with Crippen LogP contribution in [0.25, 0.3) is 11.1 Å². The van der Waals surface area contributed by atoms with Crippen LogP contribution in [0.2, 0.25) is 0 Å². The maximum Gasteiger partial charge on any atom is 0.119 e. The van der Waals surface area contributed by atoms with Crippen LogP contribution >= 0.6 is 0 Å². The molecule has 0 amide bonds. The van der Waals surface area contributed by atoms with Crippen molar-refractivity contribution in [2.24, 2.45) is 11.0 Å². The van der Waals surface area contributed by atoms with Crippen molar-refractivity contribution < 1.29 is 4.74 Å². The van der Waals surface area contributed by atoms with Crippen LogP contribution in [-0.4, -0.2) is 18.4 Å². The van der Waals surface area contributed by atoms with E-state index < -0.39 is 0 Å². The van der Waals surface area contributed by atoms with Crippen molar-refractivity contribution in [2.75, 3.05) is 11.6 Å². The fraction of sp³-hybridized carbons (Fsp3) is 0.458. The molecule has 1 aliphatic carbocycles. The summed E-state index contributed by atoms with van der Waals surface area (Å²) in [4.78, 5) is 0. The van der Waals surface area contributed by atoms with Gasteiger partial charge in [0.1, 0.15) is 5.75 Å². The molecule has 1 heterocycles. The summed E-state index contributed by atoms with van der Waals surface area (Å²) in [5.74, 6) is 2.15. The normalized spacial score (nSPS) is 21.6. The van der Waals surface area contributed by atoms with Gasteiger partial charge in [0.15, 0.2) is 0 Å². The van der Waals surface area contributed by atoms with E-state index in [1.165, 1.54) is 34.5 Å². The van der Waals surface area contributed by atoms with Crippen molar-refractivity contribution in [3.63, 3.8) is 0 Å². The first-order chi connectivity index (χ1) is 13.1. The number of hydrogen-bond acceptors (Lipinski definition) is 3. The smallest absolute Gasteiger partial charge is 0.119 e. The molecule has 0 radical (unpaired) electrons. The zero-order valence-electron chi connectivity index (χ0n) is 16.9. The molecule has 0 spiro atoms.